The molecule has 0 fully saturated rings. The van der Waals surface area contributed by atoms with E-state index in [0.29, 0.717) is 11.3 Å². The van der Waals surface area contributed by atoms with Gasteiger partial charge in [0.1, 0.15) is 0 Å². The molecule has 1 aromatic heterocycles. The molecule has 1 N–H and O–H groups in total. The fourth-order valence-corrected chi connectivity index (χ4v) is 3.67. The number of rotatable bonds is 5. The maximum absolute atomic E-state index is 13.0. The van der Waals surface area contributed by atoms with Crippen molar-refractivity contribution >= 4 is 35.0 Å². The van der Waals surface area contributed by atoms with Crippen molar-refractivity contribution in [3.05, 3.63) is 88.7 Å². The molecule has 0 saturated heterocycles. The van der Waals surface area contributed by atoms with E-state index in [0.717, 1.165) is 22.6 Å². The first-order chi connectivity index (χ1) is 13.3. The summed E-state index contributed by atoms with van der Waals surface area (Å²) in [6.07, 6.45) is -1.23. The predicted octanol–water partition coefficient (Wildman–Crippen LogP) is 6.30. The molecule has 3 rings (SSSR count). The number of anilines is 1. The summed E-state index contributed by atoms with van der Waals surface area (Å²) in [5, 5.41) is 2.10. The van der Waals surface area contributed by atoms with Gasteiger partial charge in [-0.3, -0.25) is 9.78 Å². The number of thioether (sulfide) groups is 1. The molecule has 2 aromatic carbocycles. The zero-order chi connectivity index (χ0) is 20.1. The van der Waals surface area contributed by atoms with E-state index in [1.54, 1.807) is 36.7 Å². The van der Waals surface area contributed by atoms with Gasteiger partial charge in [-0.1, -0.05) is 23.7 Å². The van der Waals surface area contributed by atoms with E-state index in [1.165, 1.54) is 17.8 Å². The molecule has 144 valence electrons. The molecule has 8 heteroatoms. The Balaban J connectivity index is 1.78. The molecule has 0 unspecified atom stereocenters. The van der Waals surface area contributed by atoms with Crippen LogP contribution in [0.15, 0.2) is 71.9 Å². The highest BCUT2D eigenvalue weighted by atomic mass is 35.5. The predicted molar refractivity (Wildman–Crippen MR) is 105 cm³/mol. The molecule has 28 heavy (non-hydrogen) atoms. The number of benzene rings is 2. The van der Waals surface area contributed by atoms with Crippen molar-refractivity contribution < 1.29 is 18.0 Å². The van der Waals surface area contributed by atoms with Crippen LogP contribution >= 0.6 is 23.4 Å². The SMILES string of the molecule is O=C(Nc1ccc(Cl)c(C(F)(F)F)c1)c1ccccc1SCc1ccncc1. The number of alkyl halides is 3. The van der Waals surface area contributed by atoms with Gasteiger partial charge in [-0.15, -0.1) is 11.8 Å². The summed E-state index contributed by atoms with van der Waals surface area (Å²) in [5.41, 5.74) is 0.454. The Morgan fingerprint density at radius 3 is 2.50 bits per heavy atom. The van der Waals surface area contributed by atoms with Crippen molar-refractivity contribution in [3.8, 4) is 0 Å². The van der Waals surface area contributed by atoms with Gasteiger partial charge in [-0.25, -0.2) is 0 Å². The van der Waals surface area contributed by atoms with Crippen molar-refractivity contribution in [3.63, 3.8) is 0 Å². The maximum atomic E-state index is 13.0. The molecule has 3 nitrogen and oxygen atoms in total. The Hall–Kier alpha value is -2.51. The van der Waals surface area contributed by atoms with E-state index >= 15 is 0 Å². The number of carbonyl (C=O) groups excluding carboxylic acids is 1. The van der Waals surface area contributed by atoms with E-state index in [-0.39, 0.29) is 5.69 Å². The number of nitrogens with zero attached hydrogens (tertiary/aromatic N) is 1. The van der Waals surface area contributed by atoms with E-state index in [1.807, 2.05) is 12.1 Å². The van der Waals surface area contributed by atoms with Gasteiger partial charge in [0.05, 0.1) is 16.1 Å². The van der Waals surface area contributed by atoms with Gasteiger partial charge in [0.2, 0.25) is 0 Å². The van der Waals surface area contributed by atoms with Gasteiger partial charge in [-0.05, 0) is 48.0 Å². The lowest BCUT2D eigenvalue weighted by Crippen LogP contribution is -2.14. The van der Waals surface area contributed by atoms with Gasteiger partial charge >= 0.3 is 6.18 Å². The molecule has 1 heterocycles. The van der Waals surface area contributed by atoms with Gasteiger partial charge in [0.15, 0.2) is 0 Å². The van der Waals surface area contributed by atoms with Crippen LogP contribution in [-0.2, 0) is 11.9 Å². The Morgan fingerprint density at radius 1 is 1.07 bits per heavy atom. The standard InChI is InChI=1S/C20H14ClF3N2OS/c21-17-6-5-14(11-16(17)20(22,23)24)26-19(27)15-3-1-2-4-18(15)28-12-13-7-9-25-10-8-13/h1-11H,12H2,(H,26,27). The van der Waals surface area contributed by atoms with Crippen LogP contribution < -0.4 is 5.32 Å². The van der Waals surface area contributed by atoms with Crippen molar-refractivity contribution in [1.82, 2.24) is 4.98 Å². The normalized spacial score (nSPS) is 11.3. The largest absolute Gasteiger partial charge is 0.417 e. The van der Waals surface area contributed by atoms with Crippen molar-refractivity contribution in [2.45, 2.75) is 16.8 Å². The molecule has 0 aliphatic carbocycles. The second-order valence-electron chi connectivity index (χ2n) is 5.79. The molecule has 0 spiro atoms. The average Bonchev–Trinajstić information content (AvgIpc) is 2.68. The zero-order valence-electron chi connectivity index (χ0n) is 14.3. The molecular formula is C20H14ClF3N2OS. The van der Waals surface area contributed by atoms with E-state index in [2.05, 4.69) is 10.3 Å². The average molecular weight is 423 g/mol. The molecule has 0 bridgehead atoms. The lowest BCUT2D eigenvalue weighted by atomic mass is 10.1. The molecule has 3 aromatic rings. The summed E-state index contributed by atoms with van der Waals surface area (Å²) in [6, 6.07) is 14.0. The number of carbonyl (C=O) groups is 1. The fraction of sp³-hybridized carbons (Fsp3) is 0.100. The van der Waals surface area contributed by atoms with Gasteiger partial charge in [0, 0.05) is 28.7 Å². The number of halogens is 4. The summed E-state index contributed by atoms with van der Waals surface area (Å²) in [5.74, 6) is 0.139. The van der Waals surface area contributed by atoms with Crippen LogP contribution in [0.5, 0.6) is 0 Å². The molecule has 1 amide bonds. The first-order valence-electron chi connectivity index (χ1n) is 8.13. The summed E-state index contributed by atoms with van der Waals surface area (Å²) < 4.78 is 39.0. The maximum Gasteiger partial charge on any atom is 0.417 e. The van der Waals surface area contributed by atoms with Crippen LogP contribution in [0.1, 0.15) is 21.5 Å². The monoisotopic (exact) mass is 422 g/mol. The molecule has 0 saturated carbocycles. The van der Waals surface area contributed by atoms with Crippen molar-refractivity contribution in [1.29, 1.82) is 0 Å². The second-order valence-corrected chi connectivity index (χ2v) is 7.21. The van der Waals surface area contributed by atoms with Gasteiger partial charge in [-0.2, -0.15) is 13.2 Å². The van der Waals surface area contributed by atoms with Crippen LogP contribution in [0, 0.1) is 0 Å². The van der Waals surface area contributed by atoms with Crippen molar-refractivity contribution in [2.24, 2.45) is 0 Å². The first-order valence-corrected chi connectivity index (χ1v) is 9.50. The summed E-state index contributed by atoms with van der Waals surface area (Å²) in [6.45, 7) is 0. The highest BCUT2D eigenvalue weighted by molar-refractivity contribution is 7.98. The molecule has 0 aliphatic rings. The molecular weight excluding hydrogens is 409 g/mol. The van der Waals surface area contributed by atoms with E-state index in [9.17, 15) is 18.0 Å². The number of aromatic nitrogens is 1. The van der Waals surface area contributed by atoms with Crippen LogP contribution in [0.3, 0.4) is 0 Å². The quantitative estimate of drug-likeness (QED) is 0.491. The number of nitrogens with one attached hydrogen (secondary N) is 1. The van der Waals surface area contributed by atoms with Crippen LogP contribution in [0.4, 0.5) is 18.9 Å². The molecule has 0 aliphatic heterocycles. The molecule has 0 atom stereocenters. The minimum atomic E-state index is -4.60. The number of hydrogen-bond donors (Lipinski definition) is 1. The zero-order valence-corrected chi connectivity index (χ0v) is 15.9. The molecule has 0 radical (unpaired) electrons. The van der Waals surface area contributed by atoms with Crippen LogP contribution in [-0.4, -0.2) is 10.9 Å². The minimum absolute atomic E-state index is 0.0238. The third-order valence-corrected chi connectivity index (χ3v) is 5.28. The number of amides is 1. The number of hydrogen-bond acceptors (Lipinski definition) is 3. The number of pyridine rings is 1. The van der Waals surface area contributed by atoms with Gasteiger partial charge in [0.25, 0.3) is 5.91 Å². The summed E-state index contributed by atoms with van der Waals surface area (Å²) >= 11 is 7.08. The smallest absolute Gasteiger partial charge is 0.322 e. The highest BCUT2D eigenvalue weighted by Gasteiger charge is 2.33. The lowest BCUT2D eigenvalue weighted by molar-refractivity contribution is -0.137. The van der Waals surface area contributed by atoms with E-state index in [4.69, 9.17) is 11.6 Å². The second kappa shape index (κ2) is 8.67. The van der Waals surface area contributed by atoms with Crippen molar-refractivity contribution in [2.75, 3.05) is 5.32 Å². The first kappa shape index (κ1) is 20.2. The Labute approximate surface area is 168 Å². The topological polar surface area (TPSA) is 42.0 Å². The summed E-state index contributed by atoms with van der Waals surface area (Å²) in [4.78, 5) is 17.3. The fourth-order valence-electron chi connectivity index (χ4n) is 2.44. The Morgan fingerprint density at radius 2 is 1.79 bits per heavy atom. The third kappa shape index (κ3) is 5.05. The van der Waals surface area contributed by atoms with Crippen LogP contribution in [0.2, 0.25) is 5.02 Å². The highest BCUT2D eigenvalue weighted by Crippen LogP contribution is 2.36. The Kier molecular flexibility index (Phi) is 6.26. The Bertz CT molecular complexity index is 981. The minimum Gasteiger partial charge on any atom is -0.322 e. The summed E-state index contributed by atoms with van der Waals surface area (Å²) in [7, 11) is 0. The van der Waals surface area contributed by atoms with Crippen LogP contribution in [0.25, 0.3) is 0 Å². The lowest BCUT2D eigenvalue weighted by Gasteiger charge is -2.13. The third-order valence-electron chi connectivity index (χ3n) is 3.81. The van der Waals surface area contributed by atoms with E-state index < -0.39 is 22.7 Å². The van der Waals surface area contributed by atoms with Gasteiger partial charge < -0.3 is 5.32 Å².